The van der Waals surface area contributed by atoms with Gasteiger partial charge in [-0.05, 0) is 42.0 Å². The van der Waals surface area contributed by atoms with Crippen LogP contribution in [0.2, 0.25) is 0 Å². The Hall–Kier alpha value is -2.73. The van der Waals surface area contributed by atoms with Crippen molar-refractivity contribution in [1.82, 2.24) is 0 Å². The smallest absolute Gasteiger partial charge is 0.261 e. The second-order valence-electron chi connectivity index (χ2n) is 5.41. The summed E-state index contributed by atoms with van der Waals surface area (Å²) in [5.74, 6) is 1.04. The number of hydrogen-bond donors (Lipinski definition) is 1. The number of ether oxygens (including phenoxy) is 2. The van der Waals surface area contributed by atoms with Crippen molar-refractivity contribution in [2.45, 2.75) is 11.8 Å². The molecule has 0 amide bonds. The van der Waals surface area contributed by atoms with Gasteiger partial charge >= 0.3 is 0 Å². The maximum absolute atomic E-state index is 12.7. The first-order valence-corrected chi connectivity index (χ1v) is 9.34. The van der Waals surface area contributed by atoms with Gasteiger partial charge in [0.05, 0.1) is 24.3 Å². The monoisotopic (exact) mass is 357 g/mol. The van der Waals surface area contributed by atoms with Crippen LogP contribution in [-0.4, -0.2) is 22.1 Å². The summed E-state index contributed by atoms with van der Waals surface area (Å²) >= 11 is 0. The predicted octanol–water partition coefficient (Wildman–Crippen LogP) is 4.05. The molecular formula is C19H19NO4S. The first-order chi connectivity index (χ1) is 12.0. The average molecular weight is 357 g/mol. The van der Waals surface area contributed by atoms with E-state index < -0.39 is 10.0 Å². The number of hydrogen-bond acceptors (Lipinski definition) is 4. The van der Waals surface area contributed by atoms with Gasteiger partial charge in [-0.15, -0.1) is 0 Å². The third-order valence-corrected chi connectivity index (χ3v) is 5.13. The third-order valence-electron chi connectivity index (χ3n) is 3.75. The van der Waals surface area contributed by atoms with Crippen molar-refractivity contribution in [3.8, 4) is 11.5 Å². The molecule has 0 unspecified atom stereocenters. The van der Waals surface area contributed by atoms with Gasteiger partial charge in [0.15, 0.2) is 11.5 Å². The Bertz CT molecular complexity index is 999. The number of anilines is 1. The Morgan fingerprint density at radius 2 is 1.68 bits per heavy atom. The number of methoxy groups -OCH3 is 1. The van der Waals surface area contributed by atoms with Crippen molar-refractivity contribution >= 4 is 26.5 Å². The third kappa shape index (κ3) is 3.69. The molecule has 0 atom stereocenters. The molecule has 0 aliphatic carbocycles. The minimum Gasteiger partial charge on any atom is -0.493 e. The van der Waals surface area contributed by atoms with E-state index in [4.69, 9.17) is 9.47 Å². The van der Waals surface area contributed by atoms with Gasteiger partial charge in [-0.25, -0.2) is 8.42 Å². The van der Waals surface area contributed by atoms with Gasteiger partial charge in [0.2, 0.25) is 0 Å². The van der Waals surface area contributed by atoms with Crippen LogP contribution in [-0.2, 0) is 10.0 Å². The van der Waals surface area contributed by atoms with Crippen molar-refractivity contribution in [1.29, 1.82) is 0 Å². The van der Waals surface area contributed by atoms with Crippen LogP contribution in [0.3, 0.4) is 0 Å². The molecule has 0 spiro atoms. The first kappa shape index (κ1) is 17.1. The largest absolute Gasteiger partial charge is 0.493 e. The number of sulfonamides is 1. The summed E-state index contributed by atoms with van der Waals surface area (Å²) in [7, 11) is -2.19. The maximum Gasteiger partial charge on any atom is 0.261 e. The lowest BCUT2D eigenvalue weighted by atomic mass is 10.1. The van der Waals surface area contributed by atoms with Gasteiger partial charge in [0, 0.05) is 6.07 Å². The molecule has 0 fully saturated rings. The summed E-state index contributed by atoms with van der Waals surface area (Å²) in [6, 6.07) is 17.6. The van der Waals surface area contributed by atoms with E-state index in [1.165, 1.54) is 7.11 Å². The van der Waals surface area contributed by atoms with Gasteiger partial charge in [0.1, 0.15) is 0 Å². The summed E-state index contributed by atoms with van der Waals surface area (Å²) < 4.78 is 38.6. The number of rotatable bonds is 6. The Kier molecular flexibility index (Phi) is 4.81. The van der Waals surface area contributed by atoms with E-state index in [2.05, 4.69) is 4.72 Å². The molecule has 1 N–H and O–H groups in total. The summed E-state index contributed by atoms with van der Waals surface area (Å²) in [6.07, 6.45) is 0. The average Bonchev–Trinajstić information content (AvgIpc) is 2.62. The number of benzene rings is 3. The van der Waals surface area contributed by atoms with E-state index in [1.54, 1.807) is 36.4 Å². The molecule has 3 rings (SSSR count). The first-order valence-electron chi connectivity index (χ1n) is 7.86. The zero-order valence-corrected chi connectivity index (χ0v) is 14.8. The molecule has 25 heavy (non-hydrogen) atoms. The zero-order chi connectivity index (χ0) is 17.9. The Morgan fingerprint density at radius 1 is 0.920 bits per heavy atom. The van der Waals surface area contributed by atoms with Crippen LogP contribution in [0.1, 0.15) is 6.92 Å². The maximum atomic E-state index is 12.7. The molecule has 0 saturated heterocycles. The SMILES string of the molecule is CCOc1ccc(NS(=O)(=O)c2ccc3ccccc3c2)cc1OC. The molecule has 6 heteroatoms. The molecular weight excluding hydrogens is 338 g/mol. The van der Waals surface area contributed by atoms with Gasteiger partial charge in [-0.3, -0.25) is 4.72 Å². The fraction of sp³-hybridized carbons (Fsp3) is 0.158. The highest BCUT2D eigenvalue weighted by Gasteiger charge is 2.16. The highest BCUT2D eigenvalue weighted by Crippen LogP contribution is 2.31. The molecule has 0 aliphatic heterocycles. The van der Waals surface area contributed by atoms with Crippen LogP contribution in [0.5, 0.6) is 11.5 Å². The normalized spacial score (nSPS) is 11.3. The fourth-order valence-electron chi connectivity index (χ4n) is 2.55. The summed E-state index contributed by atoms with van der Waals surface area (Å²) in [6.45, 7) is 2.37. The van der Waals surface area contributed by atoms with Crippen molar-refractivity contribution in [2.24, 2.45) is 0 Å². The second-order valence-corrected chi connectivity index (χ2v) is 7.10. The standard InChI is InChI=1S/C19H19NO4S/c1-3-24-18-11-9-16(13-19(18)23-2)20-25(21,22)17-10-8-14-6-4-5-7-15(14)12-17/h4-13,20H,3H2,1-2H3. The molecule has 0 aliphatic rings. The molecule has 130 valence electrons. The lowest BCUT2D eigenvalue weighted by Crippen LogP contribution is -2.13. The van der Waals surface area contributed by atoms with Crippen molar-refractivity contribution in [2.75, 3.05) is 18.4 Å². The molecule has 3 aromatic rings. The van der Waals surface area contributed by atoms with E-state index in [1.807, 2.05) is 31.2 Å². The quantitative estimate of drug-likeness (QED) is 0.723. The van der Waals surface area contributed by atoms with Gasteiger partial charge in [-0.2, -0.15) is 0 Å². The van der Waals surface area contributed by atoms with Gasteiger partial charge < -0.3 is 9.47 Å². The van der Waals surface area contributed by atoms with Crippen molar-refractivity contribution < 1.29 is 17.9 Å². The van der Waals surface area contributed by atoms with Gasteiger partial charge in [-0.1, -0.05) is 30.3 Å². The Labute approximate surface area is 147 Å². The molecule has 0 saturated carbocycles. The summed E-state index contributed by atoms with van der Waals surface area (Å²) in [5, 5.41) is 1.86. The molecule has 0 heterocycles. The molecule has 0 radical (unpaired) electrons. The number of nitrogens with one attached hydrogen (secondary N) is 1. The van der Waals surface area contributed by atoms with E-state index in [0.29, 0.717) is 23.8 Å². The van der Waals surface area contributed by atoms with Crippen molar-refractivity contribution in [3.63, 3.8) is 0 Å². The topological polar surface area (TPSA) is 64.6 Å². The lowest BCUT2D eigenvalue weighted by Gasteiger charge is -2.13. The molecule has 3 aromatic carbocycles. The van der Waals surface area contributed by atoms with Crippen LogP contribution in [0, 0.1) is 0 Å². The summed E-state index contributed by atoms with van der Waals surface area (Å²) in [5.41, 5.74) is 0.411. The van der Waals surface area contributed by atoms with Crippen LogP contribution in [0.4, 0.5) is 5.69 Å². The fourth-order valence-corrected chi connectivity index (χ4v) is 3.64. The molecule has 5 nitrogen and oxygen atoms in total. The Morgan fingerprint density at radius 3 is 2.40 bits per heavy atom. The lowest BCUT2D eigenvalue weighted by molar-refractivity contribution is 0.311. The Balaban J connectivity index is 1.92. The van der Waals surface area contributed by atoms with Crippen LogP contribution in [0.15, 0.2) is 65.6 Å². The highest BCUT2D eigenvalue weighted by molar-refractivity contribution is 7.92. The van der Waals surface area contributed by atoms with Gasteiger partial charge in [0.25, 0.3) is 10.0 Å². The summed E-state index contributed by atoms with van der Waals surface area (Å²) in [4.78, 5) is 0.207. The van der Waals surface area contributed by atoms with Crippen LogP contribution >= 0.6 is 0 Å². The minimum absolute atomic E-state index is 0.207. The highest BCUT2D eigenvalue weighted by atomic mass is 32.2. The van der Waals surface area contributed by atoms with E-state index in [0.717, 1.165) is 10.8 Å². The zero-order valence-electron chi connectivity index (χ0n) is 14.0. The predicted molar refractivity (Wildman–Crippen MR) is 98.9 cm³/mol. The van der Waals surface area contributed by atoms with Crippen LogP contribution in [0.25, 0.3) is 10.8 Å². The van der Waals surface area contributed by atoms with E-state index >= 15 is 0 Å². The molecule has 0 aromatic heterocycles. The second kappa shape index (κ2) is 7.03. The minimum atomic E-state index is -3.70. The molecule has 0 bridgehead atoms. The van der Waals surface area contributed by atoms with E-state index in [9.17, 15) is 8.42 Å². The van der Waals surface area contributed by atoms with Crippen molar-refractivity contribution in [3.05, 3.63) is 60.7 Å². The number of fused-ring (bicyclic) bond motifs is 1. The van der Waals surface area contributed by atoms with E-state index in [-0.39, 0.29) is 4.90 Å². The van der Waals surface area contributed by atoms with Crippen LogP contribution < -0.4 is 14.2 Å².